The van der Waals surface area contributed by atoms with Crippen molar-refractivity contribution in [2.45, 2.75) is 116 Å². The van der Waals surface area contributed by atoms with Crippen LogP contribution >= 0.6 is 0 Å². The molecule has 1 aliphatic carbocycles. The van der Waals surface area contributed by atoms with Crippen molar-refractivity contribution < 1.29 is 14.2 Å². The maximum Gasteiger partial charge on any atom is 0.506 e. The Morgan fingerprint density at radius 1 is 1.11 bits per heavy atom. The quantitative estimate of drug-likeness (QED) is 0.297. The molecule has 0 aromatic heterocycles. The summed E-state index contributed by atoms with van der Waals surface area (Å²) in [5, 5.41) is 0. The van der Waals surface area contributed by atoms with Crippen LogP contribution in [-0.2, 0) is 14.2 Å². The Morgan fingerprint density at radius 3 is 2.30 bits per heavy atom. The first-order chi connectivity index (χ1) is 13.0. The second kappa shape index (κ2) is 14.6. The highest BCUT2D eigenvalue weighted by molar-refractivity contribution is 6.17. The zero-order valence-electron chi connectivity index (χ0n) is 17.9. The fourth-order valence-electron chi connectivity index (χ4n) is 3.48. The van der Waals surface area contributed by atoms with Crippen LogP contribution in [0.5, 0.6) is 0 Å². The van der Waals surface area contributed by atoms with Crippen molar-refractivity contribution in [1.82, 2.24) is 5.48 Å². The van der Waals surface area contributed by atoms with Crippen LogP contribution < -0.4 is 11.2 Å². The van der Waals surface area contributed by atoms with E-state index in [1.165, 1.54) is 52.6 Å². The number of nitrogens with two attached hydrogens (primary N) is 1. The standard InChI is InChI=1S/C21H42BN2O3/c1-4-21(2,3)20(25)19(23)16-12-13-17-24-27-22-26-18-14-10-8-6-5-7-9-11-15-18/h18-19,24H,4-17,23H2,1-3H3. The normalized spacial score (nSPS) is 18.8. The fraction of sp³-hybridized carbons (Fsp3) is 0.952. The van der Waals surface area contributed by atoms with Gasteiger partial charge in [0, 0.05) is 18.1 Å². The third-order valence-electron chi connectivity index (χ3n) is 5.86. The molecule has 3 N–H and O–H groups in total. The molecule has 0 saturated heterocycles. The summed E-state index contributed by atoms with van der Waals surface area (Å²) >= 11 is 0. The molecule has 1 saturated carbocycles. The van der Waals surface area contributed by atoms with E-state index in [1.807, 2.05) is 20.8 Å². The molecule has 0 aromatic carbocycles. The van der Waals surface area contributed by atoms with E-state index in [0.29, 0.717) is 0 Å². The van der Waals surface area contributed by atoms with Crippen molar-refractivity contribution in [3.63, 3.8) is 0 Å². The van der Waals surface area contributed by atoms with Gasteiger partial charge in [-0.05, 0) is 32.1 Å². The van der Waals surface area contributed by atoms with E-state index in [0.717, 1.165) is 45.1 Å². The molecule has 1 aliphatic rings. The predicted molar refractivity (Wildman–Crippen MR) is 112 cm³/mol. The van der Waals surface area contributed by atoms with Crippen molar-refractivity contribution in [2.75, 3.05) is 6.54 Å². The van der Waals surface area contributed by atoms with Gasteiger partial charge in [0.15, 0.2) is 5.78 Å². The van der Waals surface area contributed by atoms with Gasteiger partial charge in [-0.2, -0.15) is 0 Å². The molecule has 1 rings (SSSR count). The van der Waals surface area contributed by atoms with Gasteiger partial charge in [0.1, 0.15) is 0 Å². The molecule has 0 heterocycles. The monoisotopic (exact) mass is 381 g/mol. The molecule has 1 fully saturated rings. The average molecular weight is 381 g/mol. The zero-order valence-corrected chi connectivity index (χ0v) is 17.9. The zero-order chi connectivity index (χ0) is 20.0. The Morgan fingerprint density at radius 2 is 1.70 bits per heavy atom. The van der Waals surface area contributed by atoms with E-state index >= 15 is 0 Å². The number of rotatable bonds is 12. The number of hydrogen-bond acceptors (Lipinski definition) is 5. The molecule has 27 heavy (non-hydrogen) atoms. The molecule has 0 spiro atoms. The number of hydrogen-bond donors (Lipinski definition) is 2. The summed E-state index contributed by atoms with van der Waals surface area (Å²) in [4.78, 5) is 12.3. The minimum Gasteiger partial charge on any atom is -0.410 e. The van der Waals surface area contributed by atoms with E-state index in [4.69, 9.17) is 15.1 Å². The Bertz CT molecular complexity index is 384. The van der Waals surface area contributed by atoms with Crippen LogP contribution in [0, 0.1) is 5.41 Å². The third-order valence-corrected chi connectivity index (χ3v) is 5.86. The summed E-state index contributed by atoms with van der Waals surface area (Å²) in [5.74, 6) is 0.168. The van der Waals surface area contributed by atoms with E-state index in [-0.39, 0.29) is 23.3 Å². The summed E-state index contributed by atoms with van der Waals surface area (Å²) < 4.78 is 11.1. The topological polar surface area (TPSA) is 73.6 Å². The van der Waals surface area contributed by atoms with Gasteiger partial charge in [0.25, 0.3) is 0 Å². The fourth-order valence-corrected chi connectivity index (χ4v) is 3.48. The van der Waals surface area contributed by atoms with Gasteiger partial charge in [-0.1, -0.05) is 72.1 Å². The second-order valence-electron chi connectivity index (χ2n) is 8.62. The summed E-state index contributed by atoms with van der Waals surface area (Å²) in [6, 6.07) is -0.358. The van der Waals surface area contributed by atoms with Crippen LogP contribution in [0.4, 0.5) is 0 Å². The van der Waals surface area contributed by atoms with Crippen molar-refractivity contribution in [1.29, 1.82) is 0 Å². The molecule has 6 heteroatoms. The van der Waals surface area contributed by atoms with E-state index in [2.05, 4.69) is 5.48 Å². The highest BCUT2D eigenvalue weighted by Gasteiger charge is 2.29. The minimum absolute atomic E-state index is 0.168. The van der Waals surface area contributed by atoms with Gasteiger partial charge in [-0.3, -0.25) is 4.79 Å². The number of hydroxylamine groups is 1. The van der Waals surface area contributed by atoms with E-state index in [9.17, 15) is 4.79 Å². The van der Waals surface area contributed by atoms with Crippen LogP contribution in [-0.4, -0.2) is 32.2 Å². The van der Waals surface area contributed by atoms with Crippen molar-refractivity contribution in [3.05, 3.63) is 0 Å². The lowest BCUT2D eigenvalue weighted by Crippen LogP contribution is -2.40. The maximum atomic E-state index is 12.3. The average Bonchev–Trinajstić information content (AvgIpc) is 2.67. The molecule has 1 radical (unpaired) electrons. The number of carbonyl (C=O) groups excluding carboxylic acids is 1. The predicted octanol–water partition coefficient (Wildman–Crippen LogP) is 4.45. The van der Waals surface area contributed by atoms with Gasteiger partial charge in [0.2, 0.25) is 0 Å². The summed E-state index contributed by atoms with van der Waals surface area (Å²) in [6.45, 7) is 6.70. The maximum absolute atomic E-state index is 12.3. The SMILES string of the molecule is CCC(C)(C)C(=O)C(N)CCCCNO[B]OC1CCCCCCCCC1. The first-order valence-electron chi connectivity index (χ1n) is 11.1. The number of Topliss-reactive ketones (excluding diaryl/α,β-unsaturated/α-hetero) is 1. The van der Waals surface area contributed by atoms with Gasteiger partial charge in [-0.25, -0.2) is 5.48 Å². The summed E-state index contributed by atoms with van der Waals surface area (Å²) in [7, 11) is 1.45. The van der Waals surface area contributed by atoms with Crippen LogP contribution in [0.25, 0.3) is 0 Å². The number of unbranched alkanes of at least 4 members (excludes halogenated alkanes) is 1. The summed E-state index contributed by atoms with van der Waals surface area (Å²) in [6.07, 6.45) is 15.2. The smallest absolute Gasteiger partial charge is 0.410 e. The Hall–Kier alpha value is -0.425. The Kier molecular flexibility index (Phi) is 13.3. The number of ketones is 1. The lowest BCUT2D eigenvalue weighted by atomic mass is 9.81. The van der Waals surface area contributed by atoms with Crippen LogP contribution in [0.2, 0.25) is 0 Å². The third kappa shape index (κ3) is 11.2. The van der Waals surface area contributed by atoms with Crippen molar-refractivity contribution >= 4 is 13.5 Å². The van der Waals surface area contributed by atoms with Gasteiger partial charge < -0.3 is 15.1 Å². The molecule has 157 valence electrons. The van der Waals surface area contributed by atoms with E-state index in [1.54, 1.807) is 0 Å². The van der Waals surface area contributed by atoms with Crippen LogP contribution in [0.1, 0.15) is 104 Å². The number of nitrogens with one attached hydrogen (secondary N) is 1. The molecule has 1 unspecified atom stereocenters. The van der Waals surface area contributed by atoms with Crippen LogP contribution in [0.3, 0.4) is 0 Å². The van der Waals surface area contributed by atoms with Gasteiger partial charge in [0.05, 0.1) is 6.04 Å². The molecular formula is C21H42BN2O3. The van der Waals surface area contributed by atoms with Gasteiger partial charge >= 0.3 is 7.69 Å². The van der Waals surface area contributed by atoms with Crippen LogP contribution in [0.15, 0.2) is 0 Å². The van der Waals surface area contributed by atoms with Crippen molar-refractivity contribution in [3.8, 4) is 0 Å². The molecule has 0 aromatic rings. The number of carbonyl (C=O) groups is 1. The first kappa shape index (κ1) is 24.6. The lowest BCUT2D eigenvalue weighted by molar-refractivity contribution is -0.128. The van der Waals surface area contributed by atoms with Crippen molar-refractivity contribution in [2.24, 2.45) is 11.1 Å². The summed E-state index contributed by atoms with van der Waals surface area (Å²) in [5.41, 5.74) is 8.64. The van der Waals surface area contributed by atoms with E-state index < -0.39 is 0 Å². The first-order valence-corrected chi connectivity index (χ1v) is 11.1. The second-order valence-corrected chi connectivity index (χ2v) is 8.62. The molecule has 1 atom stereocenters. The largest absolute Gasteiger partial charge is 0.506 e. The molecule has 5 nitrogen and oxygen atoms in total. The molecule has 0 aliphatic heterocycles. The Balaban J connectivity index is 2.02. The minimum atomic E-state index is -0.358. The molecular weight excluding hydrogens is 339 g/mol. The molecule has 0 amide bonds. The highest BCUT2D eigenvalue weighted by Crippen LogP contribution is 2.23. The van der Waals surface area contributed by atoms with Gasteiger partial charge in [-0.15, -0.1) is 0 Å². The Labute approximate surface area is 167 Å². The molecule has 0 bridgehead atoms. The lowest BCUT2D eigenvalue weighted by Gasteiger charge is -2.24. The highest BCUT2D eigenvalue weighted by atomic mass is 16.7.